The van der Waals surface area contributed by atoms with Crippen LogP contribution in [0.4, 0.5) is 0 Å². The summed E-state index contributed by atoms with van der Waals surface area (Å²) < 4.78 is 10.3. The number of carbonyl (C=O) groups is 2. The average Bonchev–Trinajstić information content (AvgIpc) is 2.95. The highest BCUT2D eigenvalue weighted by Crippen LogP contribution is 2.33. The van der Waals surface area contributed by atoms with Gasteiger partial charge in [0.05, 0.1) is 19.3 Å². The fraction of sp³-hybridized carbons (Fsp3) is 0.500. The molecule has 0 heterocycles. The summed E-state index contributed by atoms with van der Waals surface area (Å²) in [7, 11) is 1.63. The number of benzene rings is 1. The number of methoxy groups -OCH3 is 1. The number of aliphatic hydroxyl groups excluding tert-OH is 1. The number of unbranched alkanes of at least 4 members (excludes halogenated alkanes) is 1. The number of ether oxygens (including phenoxy) is 2. The number of Topliss-reactive ketones (excluding diaryl/α,β-unsaturated/α-hetero) is 1. The second-order valence-electron chi connectivity index (χ2n) is 7.69. The van der Waals surface area contributed by atoms with Crippen LogP contribution in [0.2, 0.25) is 0 Å². The maximum absolute atomic E-state index is 12.3. The number of hydrogen-bond donors (Lipinski definition) is 1. The minimum absolute atomic E-state index is 0.0826. The zero-order chi connectivity index (χ0) is 21.2. The molecule has 3 atom stereocenters. The average molecular weight is 401 g/mol. The van der Waals surface area contributed by atoms with Gasteiger partial charge in [0.2, 0.25) is 0 Å². The van der Waals surface area contributed by atoms with Crippen LogP contribution in [0.25, 0.3) is 6.08 Å². The first-order valence-corrected chi connectivity index (χ1v) is 10.3. The van der Waals surface area contributed by atoms with Crippen LogP contribution in [0.15, 0.2) is 42.5 Å². The molecule has 1 aromatic carbocycles. The molecule has 158 valence electrons. The summed E-state index contributed by atoms with van der Waals surface area (Å²) >= 11 is 0. The third-order valence-electron chi connectivity index (χ3n) is 5.04. The predicted molar refractivity (Wildman–Crippen MR) is 113 cm³/mol. The number of carbonyl (C=O) groups excluding carboxylic acids is 2. The van der Waals surface area contributed by atoms with E-state index in [0.29, 0.717) is 12.8 Å². The van der Waals surface area contributed by atoms with Crippen LogP contribution >= 0.6 is 0 Å². The molecule has 0 radical (unpaired) electrons. The number of esters is 1. The minimum atomic E-state index is -0.638. The Morgan fingerprint density at radius 1 is 1.24 bits per heavy atom. The Kier molecular flexibility index (Phi) is 9.13. The van der Waals surface area contributed by atoms with Crippen molar-refractivity contribution in [2.45, 2.75) is 58.2 Å². The van der Waals surface area contributed by atoms with Crippen LogP contribution in [0.3, 0.4) is 0 Å². The van der Waals surface area contributed by atoms with Crippen LogP contribution in [-0.2, 0) is 14.3 Å². The molecule has 0 aromatic heterocycles. The summed E-state index contributed by atoms with van der Waals surface area (Å²) in [5, 5.41) is 10.3. The van der Waals surface area contributed by atoms with Crippen molar-refractivity contribution in [2.24, 2.45) is 11.8 Å². The number of rotatable bonds is 10. The van der Waals surface area contributed by atoms with Crippen molar-refractivity contribution < 1.29 is 24.2 Å². The lowest BCUT2D eigenvalue weighted by Crippen LogP contribution is -2.17. The van der Waals surface area contributed by atoms with Gasteiger partial charge in [0.1, 0.15) is 11.5 Å². The molecule has 5 heteroatoms. The quantitative estimate of drug-likeness (QED) is 0.359. The molecular weight excluding hydrogens is 368 g/mol. The summed E-state index contributed by atoms with van der Waals surface area (Å²) in [6.07, 6.45) is 9.86. The van der Waals surface area contributed by atoms with E-state index in [1.807, 2.05) is 62.4 Å². The second kappa shape index (κ2) is 11.6. The van der Waals surface area contributed by atoms with E-state index in [1.165, 1.54) is 0 Å². The largest absolute Gasteiger partial charge is 0.497 e. The van der Waals surface area contributed by atoms with Crippen molar-refractivity contribution in [3.05, 3.63) is 48.1 Å². The monoisotopic (exact) mass is 400 g/mol. The lowest BCUT2D eigenvalue weighted by molar-refractivity contribution is -0.147. The molecule has 1 fully saturated rings. The van der Waals surface area contributed by atoms with Crippen LogP contribution in [-0.4, -0.2) is 36.2 Å². The molecule has 1 aliphatic rings. The number of aliphatic hydroxyl groups is 1. The Morgan fingerprint density at radius 2 is 1.97 bits per heavy atom. The number of hydrogen-bond acceptors (Lipinski definition) is 5. The molecule has 5 nitrogen and oxygen atoms in total. The van der Waals surface area contributed by atoms with Crippen LogP contribution in [0, 0.1) is 11.8 Å². The molecule has 0 saturated heterocycles. The van der Waals surface area contributed by atoms with Crippen molar-refractivity contribution in [1.29, 1.82) is 0 Å². The Hall–Kier alpha value is -2.40. The minimum Gasteiger partial charge on any atom is -0.497 e. The van der Waals surface area contributed by atoms with E-state index in [1.54, 1.807) is 7.11 Å². The van der Waals surface area contributed by atoms with Gasteiger partial charge in [0.25, 0.3) is 0 Å². The van der Waals surface area contributed by atoms with Gasteiger partial charge in [0, 0.05) is 24.7 Å². The van der Waals surface area contributed by atoms with Crippen LogP contribution < -0.4 is 4.74 Å². The van der Waals surface area contributed by atoms with Gasteiger partial charge in [-0.15, -0.1) is 0 Å². The SMILES string of the molecule is COc1ccc(/C=C/[C@H]2[C@H](O)CC(=O)[C@@H]2C/C=C\CCCC(=O)OC(C)C)cc1. The molecule has 1 aromatic rings. The smallest absolute Gasteiger partial charge is 0.306 e. The van der Waals surface area contributed by atoms with E-state index in [-0.39, 0.29) is 36.1 Å². The van der Waals surface area contributed by atoms with Crippen molar-refractivity contribution in [3.63, 3.8) is 0 Å². The highest BCUT2D eigenvalue weighted by Gasteiger charge is 2.39. The molecule has 0 bridgehead atoms. The first kappa shape index (κ1) is 22.9. The molecule has 1 saturated carbocycles. The lowest BCUT2D eigenvalue weighted by atomic mass is 9.90. The predicted octanol–water partition coefficient (Wildman–Crippen LogP) is 4.34. The normalized spacial score (nSPS) is 22.1. The fourth-order valence-electron chi connectivity index (χ4n) is 3.51. The van der Waals surface area contributed by atoms with E-state index in [0.717, 1.165) is 24.2 Å². The first-order valence-electron chi connectivity index (χ1n) is 10.3. The maximum atomic E-state index is 12.3. The van der Waals surface area contributed by atoms with E-state index < -0.39 is 6.10 Å². The highest BCUT2D eigenvalue weighted by atomic mass is 16.5. The Morgan fingerprint density at radius 3 is 2.62 bits per heavy atom. The maximum Gasteiger partial charge on any atom is 0.306 e. The summed E-state index contributed by atoms with van der Waals surface area (Å²) in [5.74, 6) is 0.328. The van der Waals surface area contributed by atoms with E-state index in [2.05, 4.69) is 0 Å². The summed E-state index contributed by atoms with van der Waals surface area (Å²) in [4.78, 5) is 23.8. The zero-order valence-corrected chi connectivity index (χ0v) is 17.5. The van der Waals surface area contributed by atoms with E-state index >= 15 is 0 Å². The molecular formula is C24H32O5. The third kappa shape index (κ3) is 7.50. The molecule has 29 heavy (non-hydrogen) atoms. The second-order valence-corrected chi connectivity index (χ2v) is 7.69. The fourth-order valence-corrected chi connectivity index (χ4v) is 3.51. The van der Waals surface area contributed by atoms with Gasteiger partial charge in [-0.05, 0) is 50.8 Å². The van der Waals surface area contributed by atoms with Gasteiger partial charge in [0.15, 0.2) is 0 Å². The molecule has 1 N–H and O–H groups in total. The molecule has 0 amide bonds. The first-order chi connectivity index (χ1) is 13.9. The summed E-state index contributed by atoms with van der Waals surface area (Å²) in [6.45, 7) is 3.68. The highest BCUT2D eigenvalue weighted by molar-refractivity contribution is 5.85. The standard InChI is InChI=1S/C24H32O5/c1-17(2)29-24(27)9-7-5-4-6-8-20-21(23(26)16-22(20)25)15-12-18-10-13-19(28-3)14-11-18/h4,6,10-15,17,20-21,23,26H,5,7-9,16H2,1-3H3/b6-4-,15-12+/t20-,21-,23-/m1/s1. The Bertz CT molecular complexity index is 717. The Balaban J connectivity index is 1.84. The van der Waals surface area contributed by atoms with Gasteiger partial charge in [-0.2, -0.15) is 0 Å². The van der Waals surface area contributed by atoms with E-state index in [4.69, 9.17) is 9.47 Å². The number of ketones is 1. The van der Waals surface area contributed by atoms with Crippen molar-refractivity contribution in [1.82, 2.24) is 0 Å². The summed E-state index contributed by atoms with van der Waals surface area (Å²) in [6, 6.07) is 7.65. The molecule has 0 unspecified atom stereocenters. The zero-order valence-electron chi connectivity index (χ0n) is 17.5. The molecule has 0 spiro atoms. The van der Waals surface area contributed by atoms with Gasteiger partial charge >= 0.3 is 5.97 Å². The van der Waals surface area contributed by atoms with Gasteiger partial charge in [-0.3, -0.25) is 9.59 Å². The number of allylic oxidation sites excluding steroid dienone is 2. The molecule has 1 aliphatic carbocycles. The molecule has 2 rings (SSSR count). The lowest BCUT2D eigenvalue weighted by Gasteiger charge is -2.16. The molecule has 0 aliphatic heterocycles. The van der Waals surface area contributed by atoms with Gasteiger partial charge in [-0.25, -0.2) is 0 Å². The third-order valence-corrected chi connectivity index (χ3v) is 5.04. The van der Waals surface area contributed by atoms with Gasteiger partial charge < -0.3 is 14.6 Å². The van der Waals surface area contributed by atoms with Crippen LogP contribution in [0.1, 0.15) is 51.5 Å². The van der Waals surface area contributed by atoms with Crippen molar-refractivity contribution in [3.8, 4) is 5.75 Å². The van der Waals surface area contributed by atoms with Crippen molar-refractivity contribution in [2.75, 3.05) is 7.11 Å². The van der Waals surface area contributed by atoms with Gasteiger partial charge in [-0.1, -0.05) is 36.4 Å². The van der Waals surface area contributed by atoms with E-state index in [9.17, 15) is 14.7 Å². The summed E-state index contributed by atoms with van der Waals surface area (Å²) in [5.41, 5.74) is 1.000. The van der Waals surface area contributed by atoms with Crippen LogP contribution in [0.5, 0.6) is 5.75 Å². The topological polar surface area (TPSA) is 72.8 Å². The Labute approximate surface area is 173 Å². The van der Waals surface area contributed by atoms with Crippen molar-refractivity contribution >= 4 is 17.8 Å².